The first kappa shape index (κ1) is 14.1. The molecule has 1 unspecified atom stereocenters. The zero-order chi connectivity index (χ0) is 14.4. The van der Waals surface area contributed by atoms with E-state index < -0.39 is 16.7 Å². The van der Waals surface area contributed by atoms with Gasteiger partial charge in [0.2, 0.25) is 0 Å². The first-order chi connectivity index (χ1) is 9.44. The second-order valence-electron chi connectivity index (χ2n) is 5.31. The quantitative estimate of drug-likeness (QED) is 0.802. The summed E-state index contributed by atoms with van der Waals surface area (Å²) >= 11 is 0.848. The van der Waals surface area contributed by atoms with Gasteiger partial charge in [0.05, 0.1) is 6.61 Å². The van der Waals surface area contributed by atoms with Crippen LogP contribution in [0.25, 0.3) is 0 Å². The monoisotopic (exact) mass is 303 g/mol. The summed E-state index contributed by atoms with van der Waals surface area (Å²) in [5.41, 5.74) is 0.240. The molecule has 6 heteroatoms. The third-order valence-electron chi connectivity index (χ3n) is 4.02. The summed E-state index contributed by atoms with van der Waals surface area (Å²) in [6.45, 7) is 4.99. The summed E-state index contributed by atoms with van der Waals surface area (Å²) in [7, 11) is 0. The number of piperidine rings is 1. The molecule has 1 spiro atoms. The van der Waals surface area contributed by atoms with Crippen molar-refractivity contribution in [2.75, 3.05) is 13.2 Å². The number of ether oxygens (including phenoxy) is 1. The number of hydrogen-bond donors (Lipinski definition) is 1. The molecule has 0 aliphatic carbocycles. The molecule has 0 radical (unpaired) electrons. The minimum atomic E-state index is -4.27. The average Bonchev–Trinajstić information content (AvgIpc) is 2.85. The lowest BCUT2D eigenvalue weighted by Gasteiger charge is -2.43. The third-order valence-corrected chi connectivity index (χ3v) is 5.43. The highest BCUT2D eigenvalue weighted by atomic mass is 32.1. The summed E-state index contributed by atoms with van der Waals surface area (Å²) in [4.78, 5) is 0.255. The van der Waals surface area contributed by atoms with Gasteiger partial charge in [0.15, 0.2) is 0 Å². The van der Waals surface area contributed by atoms with E-state index in [-0.39, 0.29) is 6.04 Å². The van der Waals surface area contributed by atoms with Gasteiger partial charge in [-0.3, -0.25) is 0 Å². The minimum absolute atomic E-state index is 0.0890. The van der Waals surface area contributed by atoms with Gasteiger partial charge in [0.1, 0.15) is 10.5 Å². The van der Waals surface area contributed by atoms with E-state index in [1.807, 2.05) is 0 Å². The Labute approximate surface area is 119 Å². The standard InChI is InChI=1S/C14H16F3NOS/c1-2-10-8-13(4-5-18-10)12-9(3-6-19-13)7-11(20-12)14(15,16)17/h2,7,10,18H,1,3-6,8H2/t10-,13?/m0/s1. The van der Waals surface area contributed by atoms with Crippen LogP contribution in [0.3, 0.4) is 0 Å². The van der Waals surface area contributed by atoms with Crippen LogP contribution < -0.4 is 5.32 Å². The predicted molar refractivity (Wildman–Crippen MR) is 71.9 cm³/mol. The summed E-state index contributed by atoms with van der Waals surface area (Å²) in [5.74, 6) is 0. The van der Waals surface area contributed by atoms with Gasteiger partial charge in [-0.05, 0) is 31.0 Å². The van der Waals surface area contributed by atoms with E-state index in [2.05, 4.69) is 11.9 Å². The van der Waals surface area contributed by atoms with Crippen molar-refractivity contribution in [3.63, 3.8) is 0 Å². The number of alkyl halides is 3. The normalized spacial score (nSPS) is 30.2. The van der Waals surface area contributed by atoms with Gasteiger partial charge in [-0.25, -0.2) is 0 Å². The highest BCUT2D eigenvalue weighted by Crippen LogP contribution is 2.48. The molecule has 110 valence electrons. The molecule has 20 heavy (non-hydrogen) atoms. The number of halogens is 3. The lowest BCUT2D eigenvalue weighted by molar-refractivity contribution is -0.134. The molecular weight excluding hydrogens is 287 g/mol. The highest BCUT2D eigenvalue weighted by Gasteiger charge is 2.45. The summed E-state index contributed by atoms with van der Waals surface area (Å²) in [6.07, 6.45) is -0.538. The molecule has 2 aliphatic rings. The van der Waals surface area contributed by atoms with Crippen molar-refractivity contribution in [3.8, 4) is 0 Å². The lowest BCUT2D eigenvalue weighted by atomic mass is 9.82. The van der Waals surface area contributed by atoms with Crippen LogP contribution in [0.15, 0.2) is 18.7 Å². The Bertz CT molecular complexity index is 525. The van der Waals surface area contributed by atoms with E-state index in [1.165, 1.54) is 6.07 Å². The van der Waals surface area contributed by atoms with Crippen LogP contribution in [0.1, 0.15) is 28.2 Å². The smallest absolute Gasteiger partial charge is 0.369 e. The Morgan fingerprint density at radius 3 is 3.00 bits per heavy atom. The van der Waals surface area contributed by atoms with E-state index >= 15 is 0 Å². The largest absolute Gasteiger partial charge is 0.425 e. The minimum Gasteiger partial charge on any atom is -0.369 e. The third kappa shape index (κ3) is 2.29. The molecule has 1 saturated heterocycles. The molecule has 0 aromatic carbocycles. The van der Waals surface area contributed by atoms with Gasteiger partial charge < -0.3 is 10.1 Å². The molecule has 2 nitrogen and oxygen atoms in total. The first-order valence-electron chi connectivity index (χ1n) is 6.65. The van der Waals surface area contributed by atoms with Crippen molar-refractivity contribution >= 4 is 11.3 Å². The van der Waals surface area contributed by atoms with Crippen molar-refractivity contribution in [1.29, 1.82) is 0 Å². The summed E-state index contributed by atoms with van der Waals surface area (Å²) < 4.78 is 44.7. The second kappa shape index (κ2) is 4.86. The van der Waals surface area contributed by atoms with E-state index in [1.54, 1.807) is 6.08 Å². The zero-order valence-corrected chi connectivity index (χ0v) is 11.7. The van der Waals surface area contributed by atoms with Gasteiger partial charge in [-0.1, -0.05) is 6.08 Å². The molecule has 2 atom stereocenters. The number of fused-ring (bicyclic) bond motifs is 2. The van der Waals surface area contributed by atoms with Crippen LogP contribution in [-0.4, -0.2) is 19.2 Å². The molecule has 3 heterocycles. The van der Waals surface area contributed by atoms with Crippen LogP contribution >= 0.6 is 11.3 Å². The molecule has 2 aliphatic heterocycles. The Hall–Kier alpha value is -0.850. The second-order valence-corrected chi connectivity index (χ2v) is 6.36. The van der Waals surface area contributed by atoms with Gasteiger partial charge in [-0.2, -0.15) is 13.2 Å². The Balaban J connectivity index is 2.01. The maximum Gasteiger partial charge on any atom is 0.425 e. The van der Waals surface area contributed by atoms with Crippen molar-refractivity contribution in [3.05, 3.63) is 34.0 Å². The molecule has 1 fully saturated rings. The fourth-order valence-corrected chi connectivity index (χ4v) is 4.31. The predicted octanol–water partition coefficient (Wildman–Crippen LogP) is 3.47. The average molecular weight is 303 g/mol. The van der Waals surface area contributed by atoms with E-state index in [9.17, 15) is 13.2 Å². The van der Waals surface area contributed by atoms with Gasteiger partial charge in [0, 0.05) is 17.3 Å². The molecule has 0 bridgehead atoms. The van der Waals surface area contributed by atoms with Gasteiger partial charge >= 0.3 is 6.18 Å². The number of rotatable bonds is 1. The molecule has 3 rings (SSSR count). The number of hydrogen-bond acceptors (Lipinski definition) is 3. The Morgan fingerprint density at radius 2 is 2.30 bits per heavy atom. The Kier molecular flexibility index (Phi) is 3.43. The molecule has 1 aromatic heterocycles. The van der Waals surface area contributed by atoms with Crippen LogP contribution in [-0.2, 0) is 22.9 Å². The van der Waals surface area contributed by atoms with E-state index in [0.29, 0.717) is 25.9 Å². The Morgan fingerprint density at radius 1 is 1.50 bits per heavy atom. The highest BCUT2D eigenvalue weighted by molar-refractivity contribution is 7.12. The SMILES string of the molecule is C=C[C@H]1CC2(CCN1)OCCc1cc(C(F)(F)F)sc12. The van der Waals surface area contributed by atoms with Crippen molar-refractivity contribution in [1.82, 2.24) is 5.32 Å². The van der Waals surface area contributed by atoms with Gasteiger partial charge in [0.25, 0.3) is 0 Å². The number of nitrogens with one attached hydrogen (secondary N) is 1. The molecule has 1 aromatic rings. The fourth-order valence-electron chi connectivity index (χ4n) is 3.05. The first-order valence-corrected chi connectivity index (χ1v) is 7.46. The van der Waals surface area contributed by atoms with E-state index in [4.69, 9.17) is 4.74 Å². The van der Waals surface area contributed by atoms with Crippen LogP contribution in [0, 0.1) is 0 Å². The maximum atomic E-state index is 12.9. The fraction of sp³-hybridized carbons (Fsp3) is 0.571. The molecule has 0 saturated carbocycles. The summed E-state index contributed by atoms with van der Waals surface area (Å²) in [6, 6.07) is 1.39. The van der Waals surface area contributed by atoms with Crippen molar-refractivity contribution in [2.24, 2.45) is 0 Å². The van der Waals surface area contributed by atoms with Crippen molar-refractivity contribution < 1.29 is 17.9 Å². The van der Waals surface area contributed by atoms with Crippen LogP contribution in [0.4, 0.5) is 13.2 Å². The van der Waals surface area contributed by atoms with Crippen LogP contribution in [0.2, 0.25) is 0 Å². The topological polar surface area (TPSA) is 21.3 Å². The van der Waals surface area contributed by atoms with Crippen LogP contribution in [0.5, 0.6) is 0 Å². The molecule has 1 N–H and O–H groups in total. The summed E-state index contributed by atoms with van der Waals surface area (Å²) in [5, 5.41) is 3.29. The maximum absolute atomic E-state index is 12.9. The van der Waals surface area contributed by atoms with E-state index in [0.717, 1.165) is 28.3 Å². The van der Waals surface area contributed by atoms with Gasteiger partial charge in [-0.15, -0.1) is 17.9 Å². The lowest BCUT2D eigenvalue weighted by Crippen LogP contribution is -2.48. The van der Waals surface area contributed by atoms with Crippen molar-refractivity contribution in [2.45, 2.75) is 37.1 Å². The molecule has 0 amide bonds. The molecular formula is C14H16F3NOS. The zero-order valence-electron chi connectivity index (χ0n) is 10.9. The number of thiophene rings is 1.